The van der Waals surface area contributed by atoms with Crippen LogP contribution in [0.25, 0.3) is 0 Å². The quantitative estimate of drug-likeness (QED) is 0.874. The van der Waals surface area contributed by atoms with E-state index in [1.165, 1.54) is 4.31 Å². The van der Waals surface area contributed by atoms with Crippen LogP contribution in [0.5, 0.6) is 0 Å². The lowest BCUT2D eigenvalue weighted by Crippen LogP contribution is -2.31. The Kier molecular flexibility index (Phi) is 3.51. The average Bonchev–Trinajstić information content (AvgIpc) is 2.77. The van der Waals surface area contributed by atoms with E-state index in [9.17, 15) is 8.42 Å². The molecule has 0 aliphatic carbocycles. The Balaban J connectivity index is 2.25. The van der Waals surface area contributed by atoms with Crippen molar-refractivity contribution in [3.8, 4) is 0 Å². The molecule has 1 atom stereocenters. The van der Waals surface area contributed by atoms with Crippen LogP contribution in [0.1, 0.15) is 18.9 Å². The second-order valence-corrected chi connectivity index (χ2v) is 6.35. The SMILES string of the molecule is CCc1ccc(S(=O)(=O)N2CCC(N)C2)cc1. The number of hydrogen-bond acceptors (Lipinski definition) is 3. The van der Waals surface area contributed by atoms with Crippen molar-refractivity contribution >= 4 is 10.0 Å². The van der Waals surface area contributed by atoms with E-state index >= 15 is 0 Å². The molecule has 0 saturated carbocycles. The Morgan fingerprint density at radius 2 is 2.00 bits per heavy atom. The molecular weight excluding hydrogens is 236 g/mol. The van der Waals surface area contributed by atoms with Gasteiger partial charge in [0.2, 0.25) is 10.0 Å². The van der Waals surface area contributed by atoms with Gasteiger partial charge in [-0.2, -0.15) is 4.31 Å². The monoisotopic (exact) mass is 254 g/mol. The summed E-state index contributed by atoms with van der Waals surface area (Å²) in [5, 5.41) is 0. The predicted molar refractivity (Wildman–Crippen MR) is 67.2 cm³/mol. The van der Waals surface area contributed by atoms with Crippen LogP contribution in [-0.2, 0) is 16.4 Å². The zero-order valence-corrected chi connectivity index (χ0v) is 10.8. The predicted octanol–water partition coefficient (Wildman–Crippen LogP) is 0.971. The van der Waals surface area contributed by atoms with Gasteiger partial charge in [-0.05, 0) is 30.5 Å². The van der Waals surface area contributed by atoms with E-state index in [0.29, 0.717) is 18.0 Å². The van der Waals surface area contributed by atoms with Gasteiger partial charge >= 0.3 is 0 Å². The summed E-state index contributed by atoms with van der Waals surface area (Å²) in [7, 11) is -3.34. The molecule has 1 aliphatic heterocycles. The van der Waals surface area contributed by atoms with Gasteiger partial charge in [-0.25, -0.2) is 8.42 Å². The fourth-order valence-electron chi connectivity index (χ4n) is 2.02. The van der Waals surface area contributed by atoms with E-state index in [1.54, 1.807) is 12.1 Å². The van der Waals surface area contributed by atoms with Crippen molar-refractivity contribution < 1.29 is 8.42 Å². The summed E-state index contributed by atoms with van der Waals surface area (Å²) in [5.74, 6) is 0. The first-order valence-electron chi connectivity index (χ1n) is 5.88. The molecule has 2 rings (SSSR count). The number of nitrogens with two attached hydrogens (primary N) is 1. The molecular formula is C12H18N2O2S. The average molecular weight is 254 g/mol. The summed E-state index contributed by atoms with van der Waals surface area (Å²) in [5.41, 5.74) is 6.88. The molecule has 17 heavy (non-hydrogen) atoms. The summed E-state index contributed by atoms with van der Waals surface area (Å²) >= 11 is 0. The third-order valence-corrected chi connectivity index (χ3v) is 5.04. The van der Waals surface area contributed by atoms with Gasteiger partial charge < -0.3 is 5.73 Å². The molecule has 1 fully saturated rings. The zero-order valence-electron chi connectivity index (χ0n) is 9.96. The van der Waals surface area contributed by atoms with Gasteiger partial charge in [0.25, 0.3) is 0 Å². The van der Waals surface area contributed by atoms with Crippen LogP contribution in [0.2, 0.25) is 0 Å². The maximum Gasteiger partial charge on any atom is 0.243 e. The van der Waals surface area contributed by atoms with Gasteiger partial charge in [-0.3, -0.25) is 0 Å². The van der Waals surface area contributed by atoms with Crippen molar-refractivity contribution in [2.75, 3.05) is 13.1 Å². The molecule has 1 saturated heterocycles. The van der Waals surface area contributed by atoms with Crippen molar-refractivity contribution in [3.63, 3.8) is 0 Å². The maximum absolute atomic E-state index is 12.2. The molecule has 4 nitrogen and oxygen atoms in total. The summed E-state index contributed by atoms with van der Waals surface area (Å²) in [6, 6.07) is 7.06. The lowest BCUT2D eigenvalue weighted by molar-refractivity contribution is 0.472. The van der Waals surface area contributed by atoms with E-state index in [4.69, 9.17) is 5.73 Å². The highest BCUT2D eigenvalue weighted by molar-refractivity contribution is 7.89. The molecule has 1 aromatic carbocycles. The highest BCUT2D eigenvalue weighted by Gasteiger charge is 2.30. The smallest absolute Gasteiger partial charge is 0.243 e. The third-order valence-electron chi connectivity index (χ3n) is 3.16. The number of sulfonamides is 1. The van der Waals surface area contributed by atoms with E-state index in [2.05, 4.69) is 0 Å². The lowest BCUT2D eigenvalue weighted by Gasteiger charge is -2.16. The van der Waals surface area contributed by atoms with Gasteiger partial charge in [-0.1, -0.05) is 19.1 Å². The minimum absolute atomic E-state index is 0.0281. The van der Waals surface area contributed by atoms with Crippen LogP contribution in [0.15, 0.2) is 29.2 Å². The summed E-state index contributed by atoms with van der Waals surface area (Å²) < 4.78 is 26.0. The highest BCUT2D eigenvalue weighted by atomic mass is 32.2. The van der Waals surface area contributed by atoms with Crippen LogP contribution >= 0.6 is 0 Å². The van der Waals surface area contributed by atoms with Crippen LogP contribution in [0.3, 0.4) is 0 Å². The first-order chi connectivity index (χ1) is 8.04. The molecule has 0 radical (unpaired) electrons. The molecule has 0 aromatic heterocycles. The van der Waals surface area contributed by atoms with Gasteiger partial charge in [0.05, 0.1) is 4.90 Å². The highest BCUT2D eigenvalue weighted by Crippen LogP contribution is 2.20. The van der Waals surface area contributed by atoms with E-state index in [-0.39, 0.29) is 6.04 Å². The summed E-state index contributed by atoms with van der Waals surface area (Å²) in [4.78, 5) is 0.365. The molecule has 1 unspecified atom stereocenters. The summed E-state index contributed by atoms with van der Waals surface area (Å²) in [6.45, 7) is 3.00. The van der Waals surface area contributed by atoms with Crippen molar-refractivity contribution in [2.45, 2.75) is 30.7 Å². The molecule has 2 N–H and O–H groups in total. The van der Waals surface area contributed by atoms with Crippen molar-refractivity contribution in [1.82, 2.24) is 4.31 Å². The van der Waals surface area contributed by atoms with Crippen LogP contribution in [0, 0.1) is 0 Å². The Bertz CT molecular complexity index is 482. The molecule has 1 aliphatic rings. The van der Waals surface area contributed by atoms with E-state index in [1.807, 2.05) is 19.1 Å². The molecule has 1 heterocycles. The second kappa shape index (κ2) is 4.76. The lowest BCUT2D eigenvalue weighted by atomic mass is 10.2. The van der Waals surface area contributed by atoms with Gasteiger partial charge in [-0.15, -0.1) is 0 Å². The van der Waals surface area contributed by atoms with Crippen molar-refractivity contribution in [2.24, 2.45) is 5.73 Å². The van der Waals surface area contributed by atoms with Gasteiger partial charge in [0.1, 0.15) is 0 Å². The normalized spacial score (nSPS) is 21.9. The number of nitrogens with zero attached hydrogens (tertiary/aromatic N) is 1. The standard InChI is InChI=1S/C12H18N2O2S/c1-2-10-3-5-12(6-4-10)17(15,16)14-8-7-11(13)9-14/h3-6,11H,2,7-9,13H2,1H3. The molecule has 5 heteroatoms. The van der Waals surface area contributed by atoms with Crippen LogP contribution in [0.4, 0.5) is 0 Å². The maximum atomic E-state index is 12.2. The third kappa shape index (κ3) is 2.51. The first kappa shape index (κ1) is 12.5. The Morgan fingerprint density at radius 1 is 1.35 bits per heavy atom. The van der Waals surface area contributed by atoms with E-state index in [0.717, 1.165) is 18.4 Å². The fourth-order valence-corrected chi connectivity index (χ4v) is 3.53. The largest absolute Gasteiger partial charge is 0.326 e. The minimum Gasteiger partial charge on any atom is -0.326 e. The molecule has 1 aromatic rings. The Morgan fingerprint density at radius 3 is 2.47 bits per heavy atom. The van der Waals surface area contributed by atoms with Crippen molar-refractivity contribution in [3.05, 3.63) is 29.8 Å². The second-order valence-electron chi connectivity index (χ2n) is 4.41. The molecule has 0 amide bonds. The topological polar surface area (TPSA) is 63.4 Å². The van der Waals surface area contributed by atoms with Crippen LogP contribution < -0.4 is 5.73 Å². The molecule has 94 valence electrons. The number of hydrogen-bond donors (Lipinski definition) is 1. The number of benzene rings is 1. The molecule has 0 spiro atoms. The summed E-state index contributed by atoms with van der Waals surface area (Å²) in [6.07, 6.45) is 1.65. The van der Waals surface area contributed by atoms with Gasteiger partial charge in [0, 0.05) is 19.1 Å². The van der Waals surface area contributed by atoms with Crippen molar-refractivity contribution in [1.29, 1.82) is 0 Å². The van der Waals surface area contributed by atoms with Crippen LogP contribution in [-0.4, -0.2) is 31.9 Å². The zero-order chi connectivity index (χ0) is 12.5. The minimum atomic E-state index is -3.34. The Labute approximate surface area is 102 Å². The fraction of sp³-hybridized carbons (Fsp3) is 0.500. The number of rotatable bonds is 3. The van der Waals surface area contributed by atoms with Gasteiger partial charge in [0.15, 0.2) is 0 Å². The van der Waals surface area contributed by atoms with E-state index < -0.39 is 10.0 Å². The Hall–Kier alpha value is -0.910. The first-order valence-corrected chi connectivity index (χ1v) is 7.32. The number of aryl methyl sites for hydroxylation is 1. The molecule has 0 bridgehead atoms.